The summed E-state index contributed by atoms with van der Waals surface area (Å²) in [7, 11) is 0.440. The van der Waals surface area contributed by atoms with Crippen molar-refractivity contribution in [2.45, 2.75) is 5.78 Å². The Morgan fingerprint density at radius 1 is 0.344 bits per heavy atom. The molecular formula is C58H38N5P. The highest BCUT2D eigenvalue weighted by atomic mass is 31.1. The summed E-state index contributed by atoms with van der Waals surface area (Å²) in [5.41, 5.74) is 13.0. The van der Waals surface area contributed by atoms with Crippen LogP contribution in [0.25, 0.3) is 110 Å². The lowest BCUT2D eigenvalue weighted by Crippen LogP contribution is -2.09. The van der Waals surface area contributed by atoms with Crippen LogP contribution >= 0.6 is 8.58 Å². The zero-order chi connectivity index (χ0) is 41.9. The number of para-hydroxylation sites is 8. The molecule has 0 saturated carbocycles. The fourth-order valence-corrected chi connectivity index (χ4v) is 12.3. The summed E-state index contributed by atoms with van der Waals surface area (Å²) in [4.78, 5) is 5.68. The smallest absolute Gasteiger partial charge is 0.140 e. The second-order valence-electron chi connectivity index (χ2n) is 16.8. The van der Waals surface area contributed by atoms with Gasteiger partial charge in [0.05, 0.1) is 38.9 Å². The van der Waals surface area contributed by atoms with Crippen molar-refractivity contribution in [1.82, 2.24) is 23.3 Å². The SMILES string of the molecule is C1=C(c2cc(-n3c4ccccc4c4ccccc43)nc(-n3c4ccccc4c4ccccc43)c2)C=C(n2c3ccccc3c3ccccc32)PC1n1c2ccccc2c2ccccc21. The van der Waals surface area contributed by atoms with E-state index in [-0.39, 0.29) is 5.78 Å². The predicted octanol–water partition coefficient (Wildman–Crippen LogP) is 15.3. The quantitative estimate of drug-likeness (QED) is 0.159. The third-order valence-corrected chi connectivity index (χ3v) is 14.8. The summed E-state index contributed by atoms with van der Waals surface area (Å²) >= 11 is 0. The van der Waals surface area contributed by atoms with Gasteiger partial charge in [-0.2, -0.15) is 0 Å². The van der Waals surface area contributed by atoms with E-state index in [1.165, 1.54) is 70.6 Å². The summed E-state index contributed by atoms with van der Waals surface area (Å²) in [5.74, 6) is 1.78. The monoisotopic (exact) mass is 835 g/mol. The molecule has 0 spiro atoms. The van der Waals surface area contributed by atoms with Crippen LogP contribution in [0.5, 0.6) is 0 Å². The number of nitrogens with zero attached hydrogens (tertiary/aromatic N) is 5. The van der Waals surface area contributed by atoms with Crippen molar-refractivity contribution < 1.29 is 0 Å². The zero-order valence-corrected chi connectivity index (χ0v) is 35.6. The molecule has 64 heavy (non-hydrogen) atoms. The Kier molecular flexibility index (Phi) is 7.65. The fraction of sp³-hybridized carbons (Fsp3) is 0.0172. The molecule has 2 atom stereocenters. The molecule has 5 aromatic heterocycles. The van der Waals surface area contributed by atoms with E-state index < -0.39 is 0 Å². The minimum Gasteiger partial charge on any atom is -0.329 e. The normalized spacial score (nSPS) is 14.9. The van der Waals surface area contributed by atoms with Gasteiger partial charge in [-0.25, -0.2) is 4.98 Å². The number of pyridine rings is 1. The first kappa shape index (κ1) is 35.6. The van der Waals surface area contributed by atoms with E-state index in [4.69, 9.17) is 4.98 Å². The highest BCUT2D eigenvalue weighted by molar-refractivity contribution is 7.50. The maximum atomic E-state index is 5.68. The molecule has 5 nitrogen and oxygen atoms in total. The highest BCUT2D eigenvalue weighted by Crippen LogP contribution is 2.52. The summed E-state index contributed by atoms with van der Waals surface area (Å²) in [5, 5.41) is 9.92. The molecule has 0 saturated heterocycles. The topological polar surface area (TPSA) is 32.6 Å². The molecule has 6 heteroatoms. The van der Waals surface area contributed by atoms with Gasteiger partial charge in [0.2, 0.25) is 0 Å². The van der Waals surface area contributed by atoms with Crippen LogP contribution in [0.2, 0.25) is 0 Å². The molecule has 300 valence electrons. The van der Waals surface area contributed by atoms with Crippen molar-refractivity contribution in [3.63, 3.8) is 0 Å². The van der Waals surface area contributed by atoms with Gasteiger partial charge in [0.15, 0.2) is 0 Å². The van der Waals surface area contributed by atoms with E-state index in [1.54, 1.807) is 0 Å². The average molecular weight is 836 g/mol. The molecule has 0 N–H and O–H groups in total. The Morgan fingerprint density at radius 3 is 1.00 bits per heavy atom. The van der Waals surface area contributed by atoms with Crippen LogP contribution < -0.4 is 0 Å². The molecule has 8 aromatic carbocycles. The van der Waals surface area contributed by atoms with Crippen molar-refractivity contribution in [1.29, 1.82) is 0 Å². The van der Waals surface area contributed by atoms with Gasteiger partial charge < -0.3 is 9.13 Å². The van der Waals surface area contributed by atoms with Crippen LogP contribution in [0.3, 0.4) is 0 Å². The maximum absolute atomic E-state index is 5.68. The Labute approximate surface area is 369 Å². The molecule has 2 unspecified atom stereocenters. The van der Waals surface area contributed by atoms with Crippen molar-refractivity contribution >= 4 is 107 Å². The lowest BCUT2D eigenvalue weighted by molar-refractivity contribution is 0.867. The largest absolute Gasteiger partial charge is 0.329 e. The lowest BCUT2D eigenvalue weighted by Gasteiger charge is -2.27. The van der Waals surface area contributed by atoms with Crippen LogP contribution in [0.1, 0.15) is 11.3 Å². The molecule has 1 aliphatic heterocycles. The molecule has 1 aliphatic rings. The molecule has 14 rings (SSSR count). The maximum Gasteiger partial charge on any atom is 0.140 e. The Morgan fingerprint density at radius 2 is 0.641 bits per heavy atom. The average Bonchev–Trinajstić information content (AvgIpc) is 4.09. The highest BCUT2D eigenvalue weighted by Gasteiger charge is 2.26. The van der Waals surface area contributed by atoms with Gasteiger partial charge >= 0.3 is 0 Å². The summed E-state index contributed by atoms with van der Waals surface area (Å²) in [6.07, 6.45) is 4.98. The number of rotatable bonds is 5. The Balaban J connectivity index is 1.10. The van der Waals surface area contributed by atoms with Crippen molar-refractivity contribution in [3.05, 3.63) is 224 Å². The van der Waals surface area contributed by atoms with Gasteiger partial charge in [0.25, 0.3) is 0 Å². The number of hydrogen-bond acceptors (Lipinski definition) is 1. The van der Waals surface area contributed by atoms with Crippen LogP contribution in [0.15, 0.2) is 218 Å². The van der Waals surface area contributed by atoms with Crippen molar-refractivity contribution in [2.75, 3.05) is 0 Å². The zero-order valence-electron chi connectivity index (χ0n) is 34.6. The van der Waals surface area contributed by atoms with E-state index in [0.717, 1.165) is 44.8 Å². The second kappa shape index (κ2) is 13.8. The van der Waals surface area contributed by atoms with Crippen molar-refractivity contribution in [3.8, 4) is 11.6 Å². The Bertz CT molecular complexity index is 3790. The summed E-state index contributed by atoms with van der Waals surface area (Å²) in [6.45, 7) is 0. The number of fused-ring (bicyclic) bond motifs is 12. The number of hydrogen-bond donors (Lipinski definition) is 0. The lowest BCUT2D eigenvalue weighted by atomic mass is 10.1. The van der Waals surface area contributed by atoms with E-state index >= 15 is 0 Å². The standard InChI is InChI=1S/C58H38N5P/c1-9-25-47-39(17-1)40-18-2-10-26-48(40)60(47)55-33-37(34-56(59-55)61-49-27-11-3-19-41(49)42-20-4-12-28-50(42)61)38-35-57(62-51-29-13-5-21-43(51)44-22-6-14-30-52(44)62)64-58(36-38)63-53-31-15-7-23-45(53)46-24-8-16-32-54(46)63/h1-36,57,64H. The van der Waals surface area contributed by atoms with E-state index in [2.05, 4.69) is 237 Å². The van der Waals surface area contributed by atoms with Crippen LogP contribution in [-0.2, 0) is 0 Å². The molecule has 0 radical (unpaired) electrons. The first-order chi connectivity index (χ1) is 31.8. The third kappa shape index (κ3) is 5.13. The van der Waals surface area contributed by atoms with Gasteiger partial charge in [-0.15, -0.1) is 0 Å². The van der Waals surface area contributed by atoms with Crippen molar-refractivity contribution in [2.24, 2.45) is 0 Å². The number of aromatic nitrogens is 5. The van der Waals surface area contributed by atoms with Crippen LogP contribution in [-0.4, -0.2) is 23.3 Å². The molecule has 13 aromatic rings. The fourth-order valence-electron chi connectivity index (χ4n) is 10.7. The van der Waals surface area contributed by atoms with Gasteiger partial charge in [0, 0.05) is 59.6 Å². The summed E-state index contributed by atoms with van der Waals surface area (Å²) in [6, 6.07) is 75.1. The van der Waals surface area contributed by atoms with Crippen LogP contribution in [0, 0.1) is 0 Å². The van der Waals surface area contributed by atoms with Gasteiger partial charge in [-0.3, -0.25) is 9.13 Å². The minimum atomic E-state index is 0.0290. The van der Waals surface area contributed by atoms with E-state index in [0.29, 0.717) is 8.58 Å². The molecular weight excluding hydrogens is 798 g/mol. The molecule has 0 fully saturated rings. The van der Waals surface area contributed by atoms with E-state index in [1.807, 2.05) is 0 Å². The minimum absolute atomic E-state index is 0.0290. The molecule has 0 amide bonds. The number of allylic oxidation sites excluding steroid dienone is 3. The van der Waals surface area contributed by atoms with Gasteiger partial charge in [0.1, 0.15) is 11.6 Å². The molecule has 0 bridgehead atoms. The van der Waals surface area contributed by atoms with Crippen LogP contribution in [0.4, 0.5) is 0 Å². The second-order valence-corrected chi connectivity index (χ2v) is 18.2. The first-order valence-electron chi connectivity index (χ1n) is 21.9. The molecule has 0 aliphatic carbocycles. The number of benzene rings is 8. The van der Waals surface area contributed by atoms with E-state index in [9.17, 15) is 0 Å². The summed E-state index contributed by atoms with van der Waals surface area (Å²) < 4.78 is 9.84. The molecule has 6 heterocycles. The third-order valence-electron chi connectivity index (χ3n) is 13.4. The van der Waals surface area contributed by atoms with Gasteiger partial charge in [-0.1, -0.05) is 146 Å². The first-order valence-corrected chi connectivity index (χ1v) is 23.0. The Hall–Kier alpha value is -7.98. The van der Waals surface area contributed by atoms with Gasteiger partial charge in [-0.05, 0) is 92.5 Å². The predicted molar refractivity (Wildman–Crippen MR) is 271 cm³/mol.